The molecule has 0 saturated carbocycles. The predicted octanol–water partition coefficient (Wildman–Crippen LogP) is -1.45. The van der Waals surface area contributed by atoms with E-state index < -0.39 is 109 Å². The van der Waals surface area contributed by atoms with Crippen LogP contribution in [0.4, 0.5) is 0 Å². The lowest BCUT2D eigenvalue weighted by Gasteiger charge is -2.30. The van der Waals surface area contributed by atoms with Gasteiger partial charge >= 0.3 is 0 Å². The summed E-state index contributed by atoms with van der Waals surface area (Å²) < 4.78 is 0. The van der Waals surface area contributed by atoms with Crippen LogP contribution < -0.4 is 54.4 Å². The molecule has 5 rings (SSSR count). The summed E-state index contributed by atoms with van der Waals surface area (Å²) in [6, 6.07) is 14.3. The fourth-order valence-corrected chi connectivity index (χ4v) is 8.64. The number of halogens is 1. The fraction of sp³-hybridized carbons (Fsp3) is 0.423. The Morgan fingerprint density at radius 1 is 0.701 bits per heavy atom. The van der Waals surface area contributed by atoms with Gasteiger partial charge < -0.3 is 74.5 Å². The Bertz CT molecular complexity index is 2700. The molecule has 1 aliphatic heterocycles. The van der Waals surface area contributed by atoms with E-state index in [1.54, 1.807) is 50.4 Å². The van der Waals surface area contributed by atoms with Gasteiger partial charge in [-0.25, -0.2) is 0 Å². The number of hydrogen-bond acceptors (Lipinski definition) is 12. The third kappa shape index (κ3) is 19.4. The topological polar surface area (TPSA) is 388 Å². The van der Waals surface area contributed by atoms with E-state index >= 15 is 0 Å². The lowest BCUT2D eigenvalue weighted by Crippen LogP contribution is -2.59. The smallest absolute Gasteiger partial charge is 0.245 e. The van der Waals surface area contributed by atoms with Crippen LogP contribution in [0.15, 0.2) is 90.1 Å². The number of rotatable bonds is 28. The maximum absolute atomic E-state index is 14.1. The Morgan fingerprint density at radius 2 is 1.32 bits per heavy atom. The Kier molecular flexibility index (Phi) is 24.2. The quantitative estimate of drug-likeness (QED) is 0.0176. The van der Waals surface area contributed by atoms with Crippen molar-refractivity contribution in [2.24, 2.45) is 28.1 Å². The normalized spacial score (nSPS) is 14.8. The Hall–Kier alpha value is -8.25. The van der Waals surface area contributed by atoms with Crippen molar-refractivity contribution in [3.8, 4) is 5.75 Å². The number of carbonyl (C=O) groups is 9. The number of nitrogens with one attached hydrogen (secondary N) is 8. The first-order chi connectivity index (χ1) is 36.3. The Balaban J connectivity index is 0.0000128. The summed E-state index contributed by atoms with van der Waals surface area (Å²) in [7, 11) is 0. The van der Waals surface area contributed by atoms with Crippen molar-refractivity contribution in [2.45, 2.75) is 101 Å². The van der Waals surface area contributed by atoms with Gasteiger partial charge in [0.05, 0.1) is 26.1 Å². The summed E-state index contributed by atoms with van der Waals surface area (Å²) in [6.07, 6.45) is 2.61. The second-order valence-electron chi connectivity index (χ2n) is 18.9. The molecule has 416 valence electrons. The molecule has 24 nitrogen and oxygen atoms in total. The van der Waals surface area contributed by atoms with E-state index in [0.717, 1.165) is 10.9 Å². The van der Waals surface area contributed by atoms with Crippen LogP contribution in [0.3, 0.4) is 0 Å². The molecule has 2 heterocycles. The lowest BCUT2D eigenvalue weighted by atomic mass is 10.0. The molecule has 0 bridgehead atoms. The van der Waals surface area contributed by atoms with E-state index in [1.807, 2.05) is 24.3 Å². The van der Waals surface area contributed by atoms with Crippen LogP contribution >= 0.6 is 12.4 Å². The molecule has 25 heteroatoms. The minimum atomic E-state index is -1.63. The SMILES string of the molecule is CC(C)C[C@H](NC(=O)CNC(=O)[C@H](Cc1ccc(O)cc1)NC(=O)[C@H](CO)NC(=O)[C@H](Cc1c[nH]c2ccccc12)NC(=O)Cc1ccccc1)C(=O)N[C@@H](CCCN=C(N)N)C(=O)N1CCC[C@H]1C(=O)NCC(N)=O.Cl. The molecule has 3 aromatic carbocycles. The zero-order chi connectivity index (χ0) is 55.3. The second kappa shape index (κ2) is 30.3. The molecule has 9 amide bonds. The number of phenolic OH excluding ortho intramolecular Hbond substituents is 1. The van der Waals surface area contributed by atoms with Crippen LogP contribution in [-0.4, -0.2) is 148 Å². The molecule has 0 unspecified atom stereocenters. The first-order valence-corrected chi connectivity index (χ1v) is 25.0. The molecule has 4 aromatic rings. The number of carbonyl (C=O) groups excluding carboxylic acids is 9. The molecule has 0 aliphatic carbocycles. The molecular weight excluding hydrogens is 1020 g/mol. The lowest BCUT2D eigenvalue weighted by molar-refractivity contribution is -0.142. The average Bonchev–Trinajstić information content (AvgIpc) is 4.06. The zero-order valence-corrected chi connectivity index (χ0v) is 43.7. The van der Waals surface area contributed by atoms with Crippen molar-refractivity contribution in [1.29, 1.82) is 0 Å². The summed E-state index contributed by atoms with van der Waals surface area (Å²) in [5.74, 6) is -7.06. The number of guanidine groups is 1. The number of aromatic nitrogens is 1. The molecule has 1 fully saturated rings. The molecule has 16 N–H and O–H groups in total. The molecule has 1 aromatic heterocycles. The van der Waals surface area contributed by atoms with E-state index in [1.165, 1.54) is 29.2 Å². The fourth-order valence-electron chi connectivity index (χ4n) is 8.64. The zero-order valence-electron chi connectivity index (χ0n) is 42.9. The number of fused-ring (bicyclic) bond motifs is 1. The Morgan fingerprint density at radius 3 is 2.00 bits per heavy atom. The molecule has 1 aliphatic rings. The summed E-state index contributed by atoms with van der Waals surface area (Å²) in [5.41, 5.74) is 18.8. The molecule has 77 heavy (non-hydrogen) atoms. The molecule has 0 radical (unpaired) electrons. The van der Waals surface area contributed by atoms with Crippen molar-refractivity contribution < 1.29 is 53.4 Å². The number of hydrogen-bond donors (Lipinski definition) is 13. The van der Waals surface area contributed by atoms with Gasteiger partial charge in [-0.1, -0.05) is 74.5 Å². The van der Waals surface area contributed by atoms with Gasteiger partial charge in [0.1, 0.15) is 42.0 Å². The summed E-state index contributed by atoms with van der Waals surface area (Å²) in [5, 5.41) is 39.3. The maximum atomic E-state index is 14.1. The maximum Gasteiger partial charge on any atom is 0.245 e. The highest BCUT2D eigenvalue weighted by Crippen LogP contribution is 2.22. The Labute approximate surface area is 451 Å². The molecular formula is C52H70ClN13O11. The van der Waals surface area contributed by atoms with Crippen LogP contribution in [0, 0.1) is 5.92 Å². The highest BCUT2D eigenvalue weighted by atomic mass is 35.5. The number of aromatic hydroxyl groups is 1. The summed E-state index contributed by atoms with van der Waals surface area (Å²) in [6.45, 7) is 1.86. The van der Waals surface area contributed by atoms with Gasteiger partial charge in [-0.3, -0.25) is 48.1 Å². The van der Waals surface area contributed by atoms with Crippen molar-refractivity contribution >= 4 is 82.4 Å². The van der Waals surface area contributed by atoms with E-state index in [9.17, 15) is 53.4 Å². The highest BCUT2D eigenvalue weighted by molar-refractivity contribution is 5.98. The van der Waals surface area contributed by atoms with Gasteiger partial charge in [0.15, 0.2) is 5.96 Å². The average molecular weight is 1090 g/mol. The third-order valence-corrected chi connectivity index (χ3v) is 12.4. The number of nitrogens with zero attached hydrogens (tertiary/aromatic N) is 2. The van der Waals surface area contributed by atoms with Crippen molar-refractivity contribution in [3.05, 3.63) is 102 Å². The van der Waals surface area contributed by atoms with Gasteiger partial charge in [0, 0.05) is 43.0 Å². The largest absolute Gasteiger partial charge is 0.508 e. The van der Waals surface area contributed by atoms with Crippen molar-refractivity contribution in [3.63, 3.8) is 0 Å². The van der Waals surface area contributed by atoms with Crippen molar-refractivity contribution in [1.82, 2.24) is 47.1 Å². The number of nitrogens with two attached hydrogens (primary N) is 3. The van der Waals surface area contributed by atoms with Gasteiger partial charge in [-0.2, -0.15) is 0 Å². The summed E-state index contributed by atoms with van der Waals surface area (Å²) in [4.78, 5) is 130. The second-order valence-corrected chi connectivity index (χ2v) is 18.9. The van der Waals surface area contributed by atoms with E-state index in [2.05, 4.69) is 47.2 Å². The third-order valence-electron chi connectivity index (χ3n) is 12.4. The number of amides is 9. The van der Waals surface area contributed by atoms with E-state index in [4.69, 9.17) is 17.2 Å². The minimum absolute atomic E-state index is 0. The van der Waals surface area contributed by atoms with E-state index in [0.29, 0.717) is 29.5 Å². The highest BCUT2D eigenvalue weighted by Gasteiger charge is 2.39. The monoisotopic (exact) mass is 1090 g/mol. The number of aliphatic imine (C=N–C) groups is 1. The predicted molar refractivity (Wildman–Crippen MR) is 287 cm³/mol. The van der Waals surface area contributed by atoms with Gasteiger partial charge in [0.25, 0.3) is 0 Å². The number of para-hydroxylation sites is 1. The van der Waals surface area contributed by atoms with Crippen LogP contribution in [0.5, 0.6) is 5.75 Å². The minimum Gasteiger partial charge on any atom is -0.508 e. The van der Waals surface area contributed by atoms with Crippen LogP contribution in [0.1, 0.15) is 62.6 Å². The van der Waals surface area contributed by atoms with Crippen LogP contribution in [-0.2, 0) is 62.4 Å². The first-order valence-electron chi connectivity index (χ1n) is 25.0. The molecule has 0 spiro atoms. The number of phenols is 1. The first kappa shape index (κ1) is 61.3. The van der Waals surface area contributed by atoms with Crippen molar-refractivity contribution in [2.75, 3.05) is 32.8 Å². The summed E-state index contributed by atoms with van der Waals surface area (Å²) >= 11 is 0. The molecule has 1 saturated heterocycles. The number of aliphatic hydroxyl groups is 1. The van der Waals surface area contributed by atoms with Gasteiger partial charge in [-0.05, 0) is 72.9 Å². The van der Waals surface area contributed by atoms with Gasteiger partial charge in [0.2, 0.25) is 53.2 Å². The van der Waals surface area contributed by atoms with Crippen LogP contribution in [0.2, 0.25) is 0 Å². The standard InChI is InChI=1S/C52H69N13O11.ClH/c1-30(2)22-38(47(72)62-37(14-8-20-56-52(54)55)51(76)65-21-9-15-42(65)50(75)58-27-43(53)68)61-45(70)28-59-46(71)39(23-32-16-18-34(67)19-17-32)63-49(74)41(29-66)64-48(73)40(60-44(69)24-31-10-4-3-5-11-31)25-33-26-57-36-13-7-6-12-35(33)36;/h3-7,10-13,16-19,26,30,37-42,57,66-67H,8-9,14-15,20-25,27-29H2,1-2H3,(H2,53,68)(H,58,75)(H,59,71)(H,60,69)(H,61,70)(H,62,72)(H,63,74)(H,64,73)(H4,54,55,56);1H/t37-,38-,39-,40-,41-,42-;/m0./s1. The number of primary amides is 1. The number of H-pyrrole nitrogens is 1. The van der Waals surface area contributed by atoms with Crippen LogP contribution in [0.25, 0.3) is 10.9 Å². The molecule has 6 atom stereocenters. The van der Waals surface area contributed by atoms with E-state index in [-0.39, 0.29) is 81.6 Å². The number of aliphatic hydroxyl groups excluding tert-OH is 1. The number of likely N-dealkylation sites (tertiary alicyclic amines) is 1. The van der Waals surface area contributed by atoms with Gasteiger partial charge in [-0.15, -0.1) is 12.4 Å². The number of aromatic amines is 1. The number of benzene rings is 3.